The van der Waals surface area contributed by atoms with Crippen LogP contribution in [0.5, 0.6) is 0 Å². The summed E-state index contributed by atoms with van der Waals surface area (Å²) in [5.74, 6) is -0.734. The molecular formula is C13H18BrNO2. The van der Waals surface area contributed by atoms with Gasteiger partial charge in [-0.15, -0.1) is 0 Å². The molecule has 1 rings (SSSR count). The lowest BCUT2D eigenvalue weighted by Gasteiger charge is -2.17. The van der Waals surface area contributed by atoms with Gasteiger partial charge in [-0.25, -0.2) is 0 Å². The van der Waals surface area contributed by atoms with Crippen LogP contribution in [0.2, 0.25) is 0 Å². The van der Waals surface area contributed by atoms with E-state index < -0.39 is 5.97 Å². The summed E-state index contributed by atoms with van der Waals surface area (Å²) >= 11 is 3.46. The van der Waals surface area contributed by atoms with E-state index in [0.29, 0.717) is 12.5 Å². The van der Waals surface area contributed by atoms with E-state index in [1.165, 1.54) is 5.56 Å². The van der Waals surface area contributed by atoms with E-state index in [2.05, 4.69) is 40.3 Å². The summed E-state index contributed by atoms with van der Waals surface area (Å²) in [6, 6.07) is 8.49. The Morgan fingerprint density at radius 2 is 2.29 bits per heavy atom. The van der Waals surface area contributed by atoms with Gasteiger partial charge in [0.05, 0.1) is 0 Å². The van der Waals surface area contributed by atoms with Crippen molar-refractivity contribution in [2.45, 2.75) is 32.2 Å². The lowest BCUT2D eigenvalue weighted by molar-refractivity contribution is -0.137. The molecule has 0 aliphatic rings. The molecule has 0 fully saturated rings. The van der Waals surface area contributed by atoms with Gasteiger partial charge in [-0.3, -0.25) is 4.79 Å². The molecule has 0 amide bonds. The van der Waals surface area contributed by atoms with Crippen LogP contribution < -0.4 is 5.32 Å². The maximum Gasteiger partial charge on any atom is 0.303 e. The van der Waals surface area contributed by atoms with Gasteiger partial charge in [0.2, 0.25) is 0 Å². The van der Waals surface area contributed by atoms with Gasteiger partial charge in [-0.1, -0.05) is 35.0 Å². The molecule has 0 saturated heterocycles. The van der Waals surface area contributed by atoms with Crippen molar-refractivity contribution in [1.82, 2.24) is 5.32 Å². The Labute approximate surface area is 110 Å². The zero-order chi connectivity index (χ0) is 12.7. The molecule has 3 nitrogen and oxygen atoms in total. The number of halogens is 1. The molecule has 0 radical (unpaired) electrons. The number of carboxylic acids is 1. The molecule has 17 heavy (non-hydrogen) atoms. The average Bonchev–Trinajstić information content (AvgIpc) is 2.29. The van der Waals surface area contributed by atoms with Gasteiger partial charge in [0.15, 0.2) is 0 Å². The number of hydrogen-bond donors (Lipinski definition) is 2. The minimum absolute atomic E-state index is 0.224. The van der Waals surface area contributed by atoms with Gasteiger partial charge in [0.1, 0.15) is 0 Å². The number of nitrogens with one attached hydrogen (secondary N) is 1. The first-order chi connectivity index (χ1) is 8.13. The van der Waals surface area contributed by atoms with E-state index >= 15 is 0 Å². The van der Waals surface area contributed by atoms with Crippen molar-refractivity contribution in [1.29, 1.82) is 0 Å². The Bertz CT molecular complexity index is 368. The predicted molar refractivity (Wildman–Crippen MR) is 72.0 cm³/mol. The third-order valence-corrected chi connectivity index (χ3v) is 3.11. The number of carbonyl (C=O) groups is 1. The second kappa shape index (κ2) is 7.45. The molecule has 0 aromatic heterocycles. The second-order valence-electron chi connectivity index (χ2n) is 3.97. The molecule has 4 heteroatoms. The smallest absolute Gasteiger partial charge is 0.303 e. The molecule has 94 valence electrons. The fourth-order valence-corrected chi connectivity index (χ4v) is 2.15. The topological polar surface area (TPSA) is 49.3 Å². The molecule has 1 atom stereocenters. The average molecular weight is 300 g/mol. The maximum absolute atomic E-state index is 10.4. The summed E-state index contributed by atoms with van der Waals surface area (Å²) in [5, 5.41) is 11.9. The fourth-order valence-electron chi connectivity index (χ4n) is 1.74. The number of benzene rings is 1. The minimum atomic E-state index is -0.734. The monoisotopic (exact) mass is 299 g/mol. The van der Waals surface area contributed by atoms with Gasteiger partial charge >= 0.3 is 5.97 Å². The summed E-state index contributed by atoms with van der Waals surface area (Å²) in [6.45, 7) is 2.85. The van der Waals surface area contributed by atoms with Crippen LogP contribution in [0, 0.1) is 0 Å². The summed E-state index contributed by atoms with van der Waals surface area (Å²) in [4.78, 5) is 10.4. The normalized spacial score (nSPS) is 12.4. The van der Waals surface area contributed by atoms with E-state index in [1.54, 1.807) is 0 Å². The first-order valence-corrected chi connectivity index (χ1v) is 6.63. The van der Waals surface area contributed by atoms with Crippen LogP contribution in [0.4, 0.5) is 0 Å². The Morgan fingerprint density at radius 1 is 1.53 bits per heavy atom. The molecule has 1 aromatic rings. The van der Waals surface area contributed by atoms with Crippen molar-refractivity contribution in [3.8, 4) is 0 Å². The molecule has 0 spiro atoms. The van der Waals surface area contributed by atoms with Crippen molar-refractivity contribution < 1.29 is 9.90 Å². The quantitative estimate of drug-likeness (QED) is 0.759. The highest BCUT2D eigenvalue weighted by molar-refractivity contribution is 9.10. The molecule has 2 N–H and O–H groups in total. The SMILES string of the molecule is CCC(NCCCC(=O)O)c1cccc(Br)c1. The van der Waals surface area contributed by atoms with Crippen molar-refractivity contribution in [3.63, 3.8) is 0 Å². The van der Waals surface area contributed by atoms with Gasteiger partial charge in [0.25, 0.3) is 0 Å². The highest BCUT2D eigenvalue weighted by Gasteiger charge is 2.08. The van der Waals surface area contributed by atoms with Crippen LogP contribution in [0.1, 0.15) is 37.8 Å². The van der Waals surface area contributed by atoms with E-state index in [1.807, 2.05) is 12.1 Å². The lowest BCUT2D eigenvalue weighted by atomic mass is 10.0. The Kier molecular flexibility index (Phi) is 6.22. The number of carboxylic acid groups (broad SMARTS) is 1. The Morgan fingerprint density at radius 3 is 2.88 bits per heavy atom. The summed E-state index contributed by atoms with van der Waals surface area (Å²) < 4.78 is 1.07. The molecule has 0 saturated carbocycles. The molecule has 0 heterocycles. The van der Waals surface area contributed by atoms with Crippen LogP contribution in [0.3, 0.4) is 0 Å². The van der Waals surface area contributed by atoms with Gasteiger partial charge < -0.3 is 10.4 Å². The van der Waals surface area contributed by atoms with Crippen LogP contribution in [0.15, 0.2) is 28.7 Å². The third kappa shape index (κ3) is 5.33. The minimum Gasteiger partial charge on any atom is -0.481 e. The van der Waals surface area contributed by atoms with Crippen LogP contribution in [-0.4, -0.2) is 17.6 Å². The van der Waals surface area contributed by atoms with Crippen molar-refractivity contribution in [2.75, 3.05) is 6.54 Å². The van der Waals surface area contributed by atoms with Crippen LogP contribution in [0.25, 0.3) is 0 Å². The summed E-state index contributed by atoms with van der Waals surface area (Å²) in [6.07, 6.45) is 1.88. The largest absolute Gasteiger partial charge is 0.481 e. The van der Waals surface area contributed by atoms with Crippen LogP contribution >= 0.6 is 15.9 Å². The molecule has 0 bridgehead atoms. The molecule has 1 unspecified atom stereocenters. The van der Waals surface area contributed by atoms with Gasteiger partial charge in [0, 0.05) is 16.9 Å². The molecule has 1 aromatic carbocycles. The number of aliphatic carboxylic acids is 1. The lowest BCUT2D eigenvalue weighted by Crippen LogP contribution is -2.22. The predicted octanol–water partition coefficient (Wildman–Crippen LogP) is 3.35. The fraction of sp³-hybridized carbons (Fsp3) is 0.462. The number of rotatable bonds is 7. The Balaban J connectivity index is 2.45. The highest BCUT2D eigenvalue weighted by atomic mass is 79.9. The summed E-state index contributed by atoms with van der Waals surface area (Å²) in [5.41, 5.74) is 1.23. The zero-order valence-corrected chi connectivity index (χ0v) is 11.5. The van der Waals surface area contributed by atoms with E-state index in [0.717, 1.165) is 17.4 Å². The third-order valence-electron chi connectivity index (χ3n) is 2.62. The number of hydrogen-bond acceptors (Lipinski definition) is 2. The first-order valence-electron chi connectivity index (χ1n) is 5.84. The molecule has 0 aliphatic carbocycles. The van der Waals surface area contributed by atoms with E-state index in [-0.39, 0.29) is 6.42 Å². The second-order valence-corrected chi connectivity index (χ2v) is 4.88. The van der Waals surface area contributed by atoms with Crippen molar-refractivity contribution in [3.05, 3.63) is 34.3 Å². The standard InChI is InChI=1S/C13H18BrNO2/c1-2-12(15-8-4-7-13(16)17)10-5-3-6-11(14)9-10/h3,5-6,9,12,15H,2,4,7-8H2,1H3,(H,16,17). The Hall–Kier alpha value is -0.870. The van der Waals surface area contributed by atoms with E-state index in [4.69, 9.17) is 5.11 Å². The van der Waals surface area contributed by atoms with Crippen LogP contribution in [-0.2, 0) is 4.79 Å². The zero-order valence-electron chi connectivity index (χ0n) is 9.95. The van der Waals surface area contributed by atoms with Crippen molar-refractivity contribution >= 4 is 21.9 Å². The maximum atomic E-state index is 10.4. The van der Waals surface area contributed by atoms with Gasteiger partial charge in [-0.05, 0) is 37.1 Å². The summed E-state index contributed by atoms with van der Waals surface area (Å²) in [7, 11) is 0. The molecular weight excluding hydrogens is 282 g/mol. The van der Waals surface area contributed by atoms with Gasteiger partial charge in [-0.2, -0.15) is 0 Å². The molecule has 0 aliphatic heterocycles. The first kappa shape index (κ1) is 14.2. The van der Waals surface area contributed by atoms with Crippen molar-refractivity contribution in [2.24, 2.45) is 0 Å². The highest BCUT2D eigenvalue weighted by Crippen LogP contribution is 2.20. The van der Waals surface area contributed by atoms with E-state index in [9.17, 15) is 4.79 Å².